The van der Waals surface area contributed by atoms with Crippen LogP contribution in [0.1, 0.15) is 12.8 Å². The summed E-state index contributed by atoms with van der Waals surface area (Å²) in [6.07, 6.45) is 2.88. The monoisotopic (exact) mass is 102 g/mol. The molecular formula is C4H8BCl. The van der Waals surface area contributed by atoms with Crippen molar-refractivity contribution in [2.45, 2.75) is 19.2 Å². The lowest BCUT2D eigenvalue weighted by Gasteiger charge is -1.84. The maximum Gasteiger partial charge on any atom is 0.0653 e. The fourth-order valence-electron chi connectivity index (χ4n) is 0.239. The molecule has 0 unspecified atom stereocenters. The first-order valence-corrected chi connectivity index (χ1v) is 2.71. The maximum absolute atomic E-state index is 5.32. The van der Waals surface area contributed by atoms with Gasteiger partial charge in [-0.1, -0.05) is 12.7 Å². The first kappa shape index (κ1) is 6.35. The Morgan fingerprint density at radius 2 is 2.00 bits per heavy atom. The summed E-state index contributed by atoms with van der Waals surface area (Å²) in [5.41, 5.74) is 0. The predicted octanol–water partition coefficient (Wildman–Crippen LogP) is 1.59. The third-order valence-electron chi connectivity index (χ3n) is 0.588. The van der Waals surface area contributed by atoms with Crippen LogP contribution in [-0.2, 0) is 0 Å². The van der Waals surface area contributed by atoms with E-state index in [1.165, 1.54) is 0 Å². The molecule has 0 aliphatic carbocycles. The zero-order valence-corrected chi connectivity index (χ0v) is 4.54. The molecule has 2 radical (unpaired) electrons. The second-order valence-corrected chi connectivity index (χ2v) is 1.56. The Labute approximate surface area is 45.3 Å². The topological polar surface area (TPSA) is 0 Å². The zero-order valence-electron chi connectivity index (χ0n) is 3.78. The molecule has 0 aromatic heterocycles. The second kappa shape index (κ2) is 5.35. The van der Waals surface area contributed by atoms with Crippen LogP contribution in [0.2, 0.25) is 6.32 Å². The summed E-state index contributed by atoms with van der Waals surface area (Å²) in [4.78, 5) is 0. The molecule has 0 saturated carbocycles. The molecule has 0 amide bonds. The molecule has 0 rings (SSSR count). The summed E-state index contributed by atoms with van der Waals surface area (Å²) in [6, 6.07) is 0. The minimum Gasteiger partial charge on any atom is -0.127 e. The SMILES string of the molecule is [B]CCCCCl. The van der Waals surface area contributed by atoms with Crippen LogP contribution < -0.4 is 0 Å². The fourth-order valence-corrected chi connectivity index (χ4v) is 0.428. The molecule has 0 aromatic rings. The van der Waals surface area contributed by atoms with Gasteiger partial charge in [-0.3, -0.25) is 0 Å². The van der Waals surface area contributed by atoms with E-state index < -0.39 is 0 Å². The lowest BCUT2D eigenvalue weighted by molar-refractivity contribution is 0.890. The van der Waals surface area contributed by atoms with Crippen LogP contribution in [0.5, 0.6) is 0 Å². The number of hydrogen-bond acceptors (Lipinski definition) is 0. The van der Waals surface area contributed by atoms with Gasteiger partial charge >= 0.3 is 0 Å². The first-order chi connectivity index (χ1) is 2.91. The van der Waals surface area contributed by atoms with Crippen molar-refractivity contribution in [2.75, 3.05) is 5.88 Å². The lowest BCUT2D eigenvalue weighted by Crippen LogP contribution is -1.72. The summed E-state index contributed by atoms with van der Waals surface area (Å²) in [6.45, 7) is 0. The van der Waals surface area contributed by atoms with Gasteiger partial charge in [0.25, 0.3) is 0 Å². The highest BCUT2D eigenvalue weighted by Crippen LogP contribution is 1.92. The molecule has 0 bridgehead atoms. The van der Waals surface area contributed by atoms with E-state index in [1.54, 1.807) is 0 Å². The number of hydrogen-bond donors (Lipinski definition) is 0. The van der Waals surface area contributed by atoms with E-state index in [1.807, 2.05) is 0 Å². The largest absolute Gasteiger partial charge is 0.127 e. The van der Waals surface area contributed by atoms with E-state index in [0.717, 1.165) is 25.0 Å². The van der Waals surface area contributed by atoms with E-state index in [9.17, 15) is 0 Å². The van der Waals surface area contributed by atoms with Gasteiger partial charge in [-0.05, 0) is 6.42 Å². The van der Waals surface area contributed by atoms with Crippen molar-refractivity contribution < 1.29 is 0 Å². The molecule has 0 fully saturated rings. The molecule has 0 nitrogen and oxygen atoms in total. The van der Waals surface area contributed by atoms with Crippen molar-refractivity contribution in [1.82, 2.24) is 0 Å². The smallest absolute Gasteiger partial charge is 0.0653 e. The van der Waals surface area contributed by atoms with Gasteiger partial charge in [0.2, 0.25) is 0 Å². The molecule has 0 atom stereocenters. The Balaban J connectivity index is 2.34. The average molecular weight is 102 g/mol. The highest BCUT2D eigenvalue weighted by atomic mass is 35.5. The van der Waals surface area contributed by atoms with Gasteiger partial charge < -0.3 is 0 Å². The Bertz CT molecular complexity index is 19.5. The minimum atomic E-state index is 0.747. The van der Waals surface area contributed by atoms with E-state index in [-0.39, 0.29) is 0 Å². The van der Waals surface area contributed by atoms with Gasteiger partial charge in [-0.25, -0.2) is 0 Å². The van der Waals surface area contributed by atoms with Crippen molar-refractivity contribution >= 4 is 19.4 Å². The van der Waals surface area contributed by atoms with Crippen molar-refractivity contribution in [3.05, 3.63) is 0 Å². The lowest BCUT2D eigenvalue weighted by atomic mass is 10.0. The fraction of sp³-hybridized carbons (Fsp3) is 1.00. The van der Waals surface area contributed by atoms with E-state index >= 15 is 0 Å². The van der Waals surface area contributed by atoms with E-state index in [2.05, 4.69) is 0 Å². The molecule has 2 heteroatoms. The molecule has 0 N–H and O–H groups in total. The minimum absolute atomic E-state index is 0.747. The summed E-state index contributed by atoms with van der Waals surface area (Å²) >= 11 is 5.32. The van der Waals surface area contributed by atoms with Gasteiger partial charge in [0.1, 0.15) is 0 Å². The van der Waals surface area contributed by atoms with Gasteiger partial charge in [-0.2, -0.15) is 0 Å². The van der Waals surface area contributed by atoms with Crippen LogP contribution in [0, 0.1) is 0 Å². The molecule has 0 heterocycles. The van der Waals surface area contributed by atoms with Gasteiger partial charge in [0.15, 0.2) is 0 Å². The Morgan fingerprint density at radius 3 is 2.17 bits per heavy atom. The molecule has 0 aliphatic heterocycles. The molecular weight excluding hydrogens is 94.3 g/mol. The standard InChI is InChI=1S/C4H8BCl/c5-3-1-2-4-6/h1-4H2. The number of rotatable bonds is 3. The summed E-state index contributed by atoms with van der Waals surface area (Å²) < 4.78 is 0. The Morgan fingerprint density at radius 1 is 1.33 bits per heavy atom. The Kier molecular flexibility index (Phi) is 5.67. The summed E-state index contributed by atoms with van der Waals surface area (Å²) in [7, 11) is 5.16. The highest BCUT2D eigenvalue weighted by molar-refractivity contribution is 6.17. The molecule has 0 saturated heterocycles. The third kappa shape index (κ3) is 4.35. The van der Waals surface area contributed by atoms with Crippen LogP contribution in [0.3, 0.4) is 0 Å². The average Bonchev–Trinajstić information content (AvgIpc) is 1.61. The summed E-state index contributed by atoms with van der Waals surface area (Å²) in [5.74, 6) is 0.747. The number of halogens is 1. The van der Waals surface area contributed by atoms with Crippen molar-refractivity contribution in [3.8, 4) is 0 Å². The third-order valence-corrected chi connectivity index (χ3v) is 0.855. The normalized spacial score (nSPS) is 8.83. The molecule has 6 heavy (non-hydrogen) atoms. The van der Waals surface area contributed by atoms with Crippen molar-refractivity contribution in [1.29, 1.82) is 0 Å². The second-order valence-electron chi connectivity index (χ2n) is 1.18. The molecule has 34 valence electrons. The maximum atomic E-state index is 5.32. The van der Waals surface area contributed by atoms with Crippen LogP contribution in [-0.4, -0.2) is 13.7 Å². The van der Waals surface area contributed by atoms with Crippen molar-refractivity contribution in [2.24, 2.45) is 0 Å². The van der Waals surface area contributed by atoms with Crippen LogP contribution in [0.15, 0.2) is 0 Å². The van der Waals surface area contributed by atoms with E-state index in [4.69, 9.17) is 19.4 Å². The first-order valence-electron chi connectivity index (χ1n) is 2.18. The Hall–Kier alpha value is 0.355. The molecule has 0 aliphatic rings. The van der Waals surface area contributed by atoms with Gasteiger partial charge in [0, 0.05) is 5.88 Å². The zero-order chi connectivity index (χ0) is 4.83. The number of alkyl halides is 1. The molecule has 0 aromatic carbocycles. The summed E-state index contributed by atoms with van der Waals surface area (Å²) in [5, 5.41) is 0. The van der Waals surface area contributed by atoms with Crippen LogP contribution in [0.4, 0.5) is 0 Å². The van der Waals surface area contributed by atoms with Crippen LogP contribution >= 0.6 is 11.6 Å². The van der Waals surface area contributed by atoms with Gasteiger partial charge in [-0.15, -0.1) is 11.6 Å². The predicted molar refractivity (Wildman–Crippen MR) is 30.5 cm³/mol. The highest BCUT2D eigenvalue weighted by Gasteiger charge is 1.76. The van der Waals surface area contributed by atoms with Crippen molar-refractivity contribution in [3.63, 3.8) is 0 Å². The van der Waals surface area contributed by atoms with E-state index in [0.29, 0.717) is 0 Å². The number of unbranched alkanes of at least 4 members (excludes halogenated alkanes) is 1. The van der Waals surface area contributed by atoms with Crippen LogP contribution in [0.25, 0.3) is 0 Å². The quantitative estimate of drug-likeness (QED) is 0.288. The van der Waals surface area contributed by atoms with Gasteiger partial charge in [0.05, 0.1) is 7.85 Å². The molecule has 0 spiro atoms.